The van der Waals surface area contributed by atoms with Gasteiger partial charge in [-0.2, -0.15) is 0 Å². The maximum Gasteiger partial charge on any atom is 0.0318 e. The maximum atomic E-state index is 6.06. The van der Waals surface area contributed by atoms with E-state index in [1.165, 1.54) is 17.5 Å². The Labute approximate surface area is 87.3 Å². The van der Waals surface area contributed by atoms with Crippen LogP contribution >= 0.6 is 0 Å². The molecule has 0 heterocycles. The molecule has 0 aromatic heterocycles. The largest absolute Gasteiger partial charge is 0.324 e. The molecule has 0 aliphatic carbocycles. The molecule has 0 spiro atoms. The third-order valence-electron chi connectivity index (χ3n) is 2.62. The minimum Gasteiger partial charge on any atom is -0.324 e. The zero-order valence-corrected chi connectivity index (χ0v) is 9.46. The molecule has 0 aliphatic heterocycles. The number of nitrogens with two attached hydrogens (primary N) is 1. The lowest BCUT2D eigenvalue weighted by Crippen LogP contribution is -2.16. The van der Waals surface area contributed by atoms with Gasteiger partial charge in [-0.1, -0.05) is 51.5 Å². The zero-order chi connectivity index (χ0) is 10.6. The molecule has 0 saturated heterocycles. The lowest BCUT2D eigenvalue weighted by molar-refractivity contribution is 0.514. The Kier molecular flexibility index (Phi) is 4.15. The standard InChI is InChI=1S/C13H21N/c1-4-5-11-6-8-12(9-7-11)13(14)10(2)3/h6-10,13H,4-5,14H2,1-3H3/t13-/m0/s1. The Morgan fingerprint density at radius 3 is 2.14 bits per heavy atom. The summed E-state index contributed by atoms with van der Waals surface area (Å²) in [5.74, 6) is 0.507. The highest BCUT2D eigenvalue weighted by Crippen LogP contribution is 2.19. The van der Waals surface area contributed by atoms with Gasteiger partial charge in [-0.3, -0.25) is 0 Å². The third-order valence-corrected chi connectivity index (χ3v) is 2.62. The maximum absolute atomic E-state index is 6.06. The number of hydrogen-bond acceptors (Lipinski definition) is 1. The van der Waals surface area contributed by atoms with Crippen LogP contribution in [-0.4, -0.2) is 0 Å². The number of rotatable bonds is 4. The lowest BCUT2D eigenvalue weighted by atomic mass is 9.96. The molecule has 1 aromatic carbocycles. The van der Waals surface area contributed by atoms with Crippen LogP contribution in [0, 0.1) is 5.92 Å². The number of hydrogen-bond donors (Lipinski definition) is 1. The van der Waals surface area contributed by atoms with Crippen LogP contribution in [0.2, 0.25) is 0 Å². The van der Waals surface area contributed by atoms with Crippen molar-refractivity contribution in [2.24, 2.45) is 11.7 Å². The highest BCUT2D eigenvalue weighted by Gasteiger charge is 2.09. The molecule has 78 valence electrons. The Bertz CT molecular complexity index is 261. The normalized spacial score (nSPS) is 13.2. The average Bonchev–Trinajstić information content (AvgIpc) is 2.18. The first kappa shape index (κ1) is 11.3. The van der Waals surface area contributed by atoms with Crippen LogP contribution in [0.5, 0.6) is 0 Å². The highest BCUT2D eigenvalue weighted by atomic mass is 14.6. The number of aryl methyl sites for hydroxylation is 1. The predicted octanol–water partition coefficient (Wildman–Crippen LogP) is 3.29. The summed E-state index contributed by atoms with van der Waals surface area (Å²) in [5.41, 5.74) is 8.72. The smallest absolute Gasteiger partial charge is 0.0318 e. The van der Waals surface area contributed by atoms with Crippen molar-refractivity contribution in [1.82, 2.24) is 0 Å². The van der Waals surface area contributed by atoms with E-state index in [2.05, 4.69) is 45.0 Å². The molecule has 1 aromatic rings. The van der Waals surface area contributed by atoms with Crippen molar-refractivity contribution >= 4 is 0 Å². The van der Waals surface area contributed by atoms with Crippen LogP contribution in [0.25, 0.3) is 0 Å². The average molecular weight is 191 g/mol. The van der Waals surface area contributed by atoms with E-state index in [-0.39, 0.29) is 6.04 Å². The molecule has 2 N–H and O–H groups in total. The second kappa shape index (κ2) is 5.16. The molecule has 0 radical (unpaired) electrons. The molecule has 14 heavy (non-hydrogen) atoms. The first-order valence-electron chi connectivity index (χ1n) is 5.49. The topological polar surface area (TPSA) is 26.0 Å². The van der Waals surface area contributed by atoms with Crippen molar-refractivity contribution in [2.75, 3.05) is 0 Å². The van der Waals surface area contributed by atoms with Crippen molar-refractivity contribution in [3.63, 3.8) is 0 Å². The molecule has 0 bridgehead atoms. The van der Waals surface area contributed by atoms with Gasteiger partial charge in [0.1, 0.15) is 0 Å². The monoisotopic (exact) mass is 191 g/mol. The summed E-state index contributed by atoms with van der Waals surface area (Å²) < 4.78 is 0. The van der Waals surface area contributed by atoms with Gasteiger partial charge in [0, 0.05) is 6.04 Å². The molecule has 0 fully saturated rings. The number of benzene rings is 1. The molecular weight excluding hydrogens is 170 g/mol. The van der Waals surface area contributed by atoms with Gasteiger partial charge in [-0.25, -0.2) is 0 Å². The summed E-state index contributed by atoms with van der Waals surface area (Å²) in [4.78, 5) is 0. The quantitative estimate of drug-likeness (QED) is 0.776. The summed E-state index contributed by atoms with van der Waals surface area (Å²) in [7, 11) is 0. The van der Waals surface area contributed by atoms with Crippen LogP contribution < -0.4 is 5.73 Å². The molecule has 1 heteroatoms. The molecule has 1 nitrogen and oxygen atoms in total. The first-order chi connectivity index (χ1) is 6.65. The Morgan fingerprint density at radius 2 is 1.71 bits per heavy atom. The Hall–Kier alpha value is -0.820. The van der Waals surface area contributed by atoms with Gasteiger partial charge in [0.05, 0.1) is 0 Å². The van der Waals surface area contributed by atoms with Crippen molar-refractivity contribution < 1.29 is 0 Å². The highest BCUT2D eigenvalue weighted by molar-refractivity contribution is 5.25. The summed E-state index contributed by atoms with van der Waals surface area (Å²) >= 11 is 0. The summed E-state index contributed by atoms with van der Waals surface area (Å²) in [6.45, 7) is 6.52. The van der Waals surface area contributed by atoms with Crippen LogP contribution in [0.1, 0.15) is 44.4 Å². The fraction of sp³-hybridized carbons (Fsp3) is 0.538. The van der Waals surface area contributed by atoms with Crippen LogP contribution in [0.3, 0.4) is 0 Å². The van der Waals surface area contributed by atoms with E-state index in [1.54, 1.807) is 0 Å². The van der Waals surface area contributed by atoms with E-state index in [1.807, 2.05) is 0 Å². The van der Waals surface area contributed by atoms with Gasteiger partial charge in [0.15, 0.2) is 0 Å². The summed E-state index contributed by atoms with van der Waals surface area (Å²) in [6.07, 6.45) is 2.37. The van der Waals surface area contributed by atoms with E-state index in [0.29, 0.717) is 5.92 Å². The fourth-order valence-corrected chi connectivity index (χ4v) is 1.58. The molecule has 0 unspecified atom stereocenters. The molecule has 0 aliphatic rings. The molecule has 0 amide bonds. The van der Waals surface area contributed by atoms with E-state index >= 15 is 0 Å². The zero-order valence-electron chi connectivity index (χ0n) is 9.46. The molecule has 1 atom stereocenters. The van der Waals surface area contributed by atoms with Gasteiger partial charge in [-0.15, -0.1) is 0 Å². The summed E-state index contributed by atoms with van der Waals surface area (Å²) in [5, 5.41) is 0. The minimum absolute atomic E-state index is 0.172. The van der Waals surface area contributed by atoms with E-state index in [4.69, 9.17) is 5.73 Å². The Morgan fingerprint density at radius 1 is 1.14 bits per heavy atom. The lowest BCUT2D eigenvalue weighted by Gasteiger charge is -2.16. The second-order valence-corrected chi connectivity index (χ2v) is 4.26. The summed E-state index contributed by atoms with van der Waals surface area (Å²) in [6, 6.07) is 8.89. The minimum atomic E-state index is 0.172. The van der Waals surface area contributed by atoms with Gasteiger partial charge >= 0.3 is 0 Å². The Balaban J connectivity index is 2.72. The van der Waals surface area contributed by atoms with Crippen molar-refractivity contribution in [1.29, 1.82) is 0 Å². The molecule has 0 saturated carbocycles. The SMILES string of the molecule is CCCc1ccc([C@@H](N)C(C)C)cc1. The molecular formula is C13H21N. The van der Waals surface area contributed by atoms with Gasteiger partial charge < -0.3 is 5.73 Å². The van der Waals surface area contributed by atoms with E-state index in [9.17, 15) is 0 Å². The van der Waals surface area contributed by atoms with Crippen molar-refractivity contribution in [3.05, 3.63) is 35.4 Å². The second-order valence-electron chi connectivity index (χ2n) is 4.26. The predicted molar refractivity (Wildman–Crippen MR) is 62.2 cm³/mol. The van der Waals surface area contributed by atoms with Crippen molar-refractivity contribution in [3.8, 4) is 0 Å². The van der Waals surface area contributed by atoms with Gasteiger partial charge in [-0.05, 0) is 23.5 Å². The van der Waals surface area contributed by atoms with Crippen LogP contribution in [0.15, 0.2) is 24.3 Å². The van der Waals surface area contributed by atoms with Crippen LogP contribution in [0.4, 0.5) is 0 Å². The molecule has 1 rings (SSSR count). The van der Waals surface area contributed by atoms with Gasteiger partial charge in [0.25, 0.3) is 0 Å². The van der Waals surface area contributed by atoms with Crippen molar-refractivity contribution in [2.45, 2.75) is 39.7 Å². The van der Waals surface area contributed by atoms with E-state index in [0.717, 1.165) is 6.42 Å². The first-order valence-corrected chi connectivity index (χ1v) is 5.49. The third kappa shape index (κ3) is 2.85. The van der Waals surface area contributed by atoms with E-state index < -0.39 is 0 Å². The fourth-order valence-electron chi connectivity index (χ4n) is 1.58. The van der Waals surface area contributed by atoms with Gasteiger partial charge in [0.2, 0.25) is 0 Å². The van der Waals surface area contributed by atoms with Crippen LogP contribution in [-0.2, 0) is 6.42 Å².